The van der Waals surface area contributed by atoms with E-state index in [1.807, 2.05) is 25.4 Å². The van der Waals surface area contributed by atoms with Crippen molar-refractivity contribution < 1.29 is 14.3 Å². The van der Waals surface area contributed by atoms with Gasteiger partial charge in [-0.3, -0.25) is 19.9 Å². The van der Waals surface area contributed by atoms with Gasteiger partial charge in [0.05, 0.1) is 5.52 Å². The van der Waals surface area contributed by atoms with E-state index in [9.17, 15) is 9.59 Å². The highest BCUT2D eigenvalue weighted by atomic mass is 16.5. The molecule has 13 nitrogen and oxygen atoms in total. The van der Waals surface area contributed by atoms with E-state index in [-0.39, 0.29) is 11.9 Å². The number of hydrogen-bond acceptors (Lipinski definition) is 11. The quantitative estimate of drug-likeness (QED) is 0.179. The van der Waals surface area contributed by atoms with E-state index in [0.29, 0.717) is 42.9 Å². The second-order valence-corrected chi connectivity index (χ2v) is 16.1. The molecule has 4 fully saturated rings. The summed E-state index contributed by atoms with van der Waals surface area (Å²) in [6.07, 6.45) is 6.51. The summed E-state index contributed by atoms with van der Waals surface area (Å²) in [5.74, 6) is 1.02. The first-order valence-corrected chi connectivity index (χ1v) is 19.7. The van der Waals surface area contributed by atoms with E-state index in [2.05, 4.69) is 102 Å². The lowest BCUT2D eigenvalue weighted by Gasteiger charge is -2.60. The summed E-state index contributed by atoms with van der Waals surface area (Å²) in [5, 5.41) is 10.3. The standard InChI is InChI=1S/C43H46N10O3/c1-27-19-33(9-10-37(27)53-15-11-38(54)49-42(53)55)51-23-34(24-51)52-25-43(26-52)12-16-50(17-13-43)32-7-5-31(6-8-32)47-41-46-21-30-4-3-29(20-36(30)48-41)35-22-45-40-39(28(35)2)44-14-18-56-40/h3-10,19-22,34,44H,11-18,23-26H2,1-2H3,(H,46,47,48)(H,49,54,55). The zero-order chi connectivity index (χ0) is 38.0. The number of nitrogens with one attached hydrogen (secondary N) is 3. The SMILES string of the molecule is Cc1cc(N2CC(N3CC4(CCN(c5ccc(Nc6ncc7ccc(-c8cnc9c(c8C)NCCO9)cc7n6)cc5)CC4)C3)C2)ccc1N1CCC(=O)NC1=O. The first-order valence-electron chi connectivity index (χ1n) is 19.7. The van der Waals surface area contributed by atoms with Gasteiger partial charge >= 0.3 is 6.03 Å². The molecule has 7 heterocycles. The molecule has 286 valence electrons. The molecule has 1 spiro atoms. The fourth-order valence-corrected chi connectivity index (χ4v) is 9.11. The van der Waals surface area contributed by atoms with Gasteiger partial charge in [-0.1, -0.05) is 12.1 Å². The van der Waals surface area contributed by atoms with Crippen molar-refractivity contribution in [1.29, 1.82) is 0 Å². The third-order valence-corrected chi connectivity index (χ3v) is 12.5. The van der Waals surface area contributed by atoms with E-state index in [0.717, 1.165) is 82.9 Å². The van der Waals surface area contributed by atoms with Crippen LogP contribution in [0.1, 0.15) is 30.4 Å². The zero-order valence-electron chi connectivity index (χ0n) is 31.8. The molecule has 2 aromatic heterocycles. The molecule has 13 heteroatoms. The fourth-order valence-electron chi connectivity index (χ4n) is 9.11. The molecule has 5 aliphatic heterocycles. The molecule has 0 radical (unpaired) electrons. The van der Waals surface area contributed by atoms with Gasteiger partial charge in [-0.25, -0.2) is 19.7 Å². The van der Waals surface area contributed by atoms with E-state index < -0.39 is 0 Å². The molecule has 0 unspecified atom stereocenters. The fraction of sp³-hybridized carbons (Fsp3) is 0.372. The van der Waals surface area contributed by atoms with Gasteiger partial charge in [-0.05, 0) is 97.3 Å². The average molecular weight is 751 g/mol. The third-order valence-electron chi connectivity index (χ3n) is 12.5. The Kier molecular flexibility index (Phi) is 8.42. The lowest BCUT2D eigenvalue weighted by Crippen LogP contribution is -2.70. The molecular weight excluding hydrogens is 705 g/mol. The average Bonchev–Trinajstić information content (AvgIpc) is 3.18. The number of rotatable bonds is 7. The van der Waals surface area contributed by atoms with Crippen molar-refractivity contribution in [3.8, 4) is 17.0 Å². The first kappa shape index (κ1) is 34.5. The van der Waals surface area contributed by atoms with Crippen LogP contribution in [0.15, 0.2) is 73.1 Å². The Labute approximate surface area is 326 Å². The topological polar surface area (TPSA) is 131 Å². The molecule has 3 N–H and O–H groups in total. The maximum atomic E-state index is 12.4. The van der Waals surface area contributed by atoms with Crippen molar-refractivity contribution >= 4 is 57.2 Å². The molecule has 0 saturated carbocycles. The Morgan fingerprint density at radius 1 is 0.875 bits per heavy atom. The summed E-state index contributed by atoms with van der Waals surface area (Å²) in [5.41, 5.74) is 10.8. The van der Waals surface area contributed by atoms with Crippen molar-refractivity contribution in [3.63, 3.8) is 0 Å². The predicted octanol–water partition coefficient (Wildman–Crippen LogP) is 6.09. The van der Waals surface area contributed by atoms with E-state index >= 15 is 0 Å². The van der Waals surface area contributed by atoms with Crippen molar-refractivity contribution in [1.82, 2.24) is 25.2 Å². The Hall–Kier alpha value is -5.95. The van der Waals surface area contributed by atoms with Crippen LogP contribution >= 0.6 is 0 Å². The number of ether oxygens (including phenoxy) is 1. The summed E-state index contributed by atoms with van der Waals surface area (Å²) < 4.78 is 5.72. The zero-order valence-corrected chi connectivity index (χ0v) is 31.8. The molecule has 0 atom stereocenters. The Morgan fingerprint density at radius 3 is 2.46 bits per heavy atom. The molecular formula is C43H46N10O3. The summed E-state index contributed by atoms with van der Waals surface area (Å²) in [6, 6.07) is 21.5. The number of anilines is 6. The maximum Gasteiger partial charge on any atom is 0.328 e. The Morgan fingerprint density at radius 2 is 1.68 bits per heavy atom. The molecule has 5 aromatic rings. The smallest absolute Gasteiger partial charge is 0.328 e. The van der Waals surface area contributed by atoms with Gasteiger partial charge < -0.3 is 25.2 Å². The number of carbonyl (C=O) groups excluding carboxylic acids is 2. The molecule has 0 bridgehead atoms. The van der Waals surface area contributed by atoms with Crippen molar-refractivity contribution in [2.45, 2.75) is 39.2 Å². The molecule has 4 saturated heterocycles. The number of piperidine rings is 1. The van der Waals surface area contributed by atoms with Crippen LogP contribution in [0.3, 0.4) is 0 Å². The van der Waals surface area contributed by atoms with Crippen molar-refractivity contribution in [3.05, 3.63) is 84.2 Å². The van der Waals surface area contributed by atoms with Gasteiger partial charge in [-0.2, -0.15) is 0 Å². The third kappa shape index (κ3) is 6.29. The number of amides is 3. The number of benzene rings is 3. The minimum atomic E-state index is -0.336. The van der Waals surface area contributed by atoms with Crippen molar-refractivity contribution in [2.24, 2.45) is 5.41 Å². The van der Waals surface area contributed by atoms with Gasteiger partial charge in [0.1, 0.15) is 12.3 Å². The summed E-state index contributed by atoms with van der Waals surface area (Å²) in [6.45, 7) is 12.5. The number of pyridine rings is 1. The second-order valence-electron chi connectivity index (χ2n) is 16.1. The number of urea groups is 1. The number of aromatic nitrogens is 3. The highest BCUT2D eigenvalue weighted by Crippen LogP contribution is 2.44. The second kappa shape index (κ2) is 13.7. The normalized spacial score (nSPS) is 19.5. The molecule has 56 heavy (non-hydrogen) atoms. The highest BCUT2D eigenvalue weighted by Gasteiger charge is 2.49. The minimum absolute atomic E-state index is 0.210. The van der Waals surface area contributed by atoms with Gasteiger partial charge in [0.25, 0.3) is 0 Å². The number of fused-ring (bicyclic) bond motifs is 2. The largest absolute Gasteiger partial charge is 0.474 e. The van der Waals surface area contributed by atoms with Gasteiger partial charge in [0, 0.05) is 111 Å². The monoisotopic (exact) mass is 750 g/mol. The number of imide groups is 1. The maximum absolute atomic E-state index is 12.4. The summed E-state index contributed by atoms with van der Waals surface area (Å²) in [7, 11) is 0. The molecule has 0 aliphatic carbocycles. The van der Waals surface area contributed by atoms with Crippen LogP contribution in [-0.4, -0.2) is 96.8 Å². The number of aryl methyl sites for hydroxylation is 1. The van der Waals surface area contributed by atoms with Crippen LogP contribution in [-0.2, 0) is 4.79 Å². The molecule has 3 amide bonds. The predicted molar refractivity (Wildman–Crippen MR) is 219 cm³/mol. The highest BCUT2D eigenvalue weighted by molar-refractivity contribution is 6.06. The summed E-state index contributed by atoms with van der Waals surface area (Å²) in [4.78, 5) is 47.2. The lowest BCUT2D eigenvalue weighted by molar-refractivity contribution is -0.120. The van der Waals surface area contributed by atoms with Crippen molar-refractivity contribution in [2.75, 3.05) is 84.3 Å². The van der Waals surface area contributed by atoms with Gasteiger partial charge in [-0.15, -0.1) is 0 Å². The summed E-state index contributed by atoms with van der Waals surface area (Å²) >= 11 is 0. The molecule has 10 rings (SSSR count). The lowest BCUT2D eigenvalue weighted by atomic mass is 9.71. The van der Waals surface area contributed by atoms with Crippen LogP contribution in [0.25, 0.3) is 22.0 Å². The Balaban J connectivity index is 0.712. The van der Waals surface area contributed by atoms with Crippen LogP contribution in [0.5, 0.6) is 5.88 Å². The molecule has 3 aromatic carbocycles. The van der Waals surface area contributed by atoms with Crippen LogP contribution in [0, 0.1) is 19.3 Å². The van der Waals surface area contributed by atoms with E-state index in [1.165, 1.54) is 37.3 Å². The van der Waals surface area contributed by atoms with Gasteiger partial charge in [0.2, 0.25) is 17.7 Å². The first-order chi connectivity index (χ1) is 27.3. The van der Waals surface area contributed by atoms with Crippen LogP contribution in [0.4, 0.5) is 39.2 Å². The van der Waals surface area contributed by atoms with E-state index in [1.54, 1.807) is 4.90 Å². The van der Waals surface area contributed by atoms with Crippen LogP contribution in [0.2, 0.25) is 0 Å². The molecule has 5 aliphatic rings. The Bertz CT molecular complexity index is 2350. The van der Waals surface area contributed by atoms with E-state index in [4.69, 9.17) is 9.72 Å². The number of likely N-dealkylation sites (tertiary alicyclic amines) is 1. The number of nitrogens with zero attached hydrogens (tertiary/aromatic N) is 7. The van der Waals surface area contributed by atoms with Crippen LogP contribution < -0.4 is 35.4 Å². The number of carbonyl (C=O) groups is 2. The minimum Gasteiger partial charge on any atom is -0.474 e. The number of hydrogen-bond donors (Lipinski definition) is 3. The van der Waals surface area contributed by atoms with Gasteiger partial charge in [0.15, 0.2) is 0 Å².